The van der Waals surface area contributed by atoms with Crippen molar-refractivity contribution >= 4 is 23.5 Å². The minimum Gasteiger partial charge on any atom is -0.383 e. The molecule has 0 fully saturated rings. The van der Waals surface area contributed by atoms with Gasteiger partial charge in [-0.05, 0) is 34.4 Å². The van der Waals surface area contributed by atoms with Crippen molar-refractivity contribution in [2.24, 2.45) is 0 Å². The standard InChI is InChI=1S/C29H28N4O4/c1-37-18-17-33-27(26(28(35)32-29(33)36)30-20-22-9-4-2-5-10-22)31-25(34)16-15-21-11-8-14-24(19-21)23-12-6-3-7-13-23/h2-16,19,30H,17-18,20H2,1H3,(H,31,34)(H,32,35,36)/b16-15+. The van der Waals surface area contributed by atoms with Crippen molar-refractivity contribution in [3.05, 3.63) is 123 Å². The molecule has 0 atom stereocenters. The number of benzene rings is 3. The zero-order valence-corrected chi connectivity index (χ0v) is 20.4. The number of nitrogens with zero attached hydrogens (tertiary/aromatic N) is 1. The zero-order chi connectivity index (χ0) is 26.0. The lowest BCUT2D eigenvalue weighted by atomic mass is 10.0. The molecule has 1 aromatic heterocycles. The van der Waals surface area contributed by atoms with Crippen LogP contribution in [0.5, 0.6) is 0 Å². The van der Waals surface area contributed by atoms with Crippen LogP contribution in [0, 0.1) is 0 Å². The number of nitrogens with one attached hydrogen (secondary N) is 3. The second-order valence-electron chi connectivity index (χ2n) is 8.28. The van der Waals surface area contributed by atoms with Gasteiger partial charge in [0.2, 0.25) is 5.91 Å². The highest BCUT2D eigenvalue weighted by molar-refractivity contribution is 6.03. The van der Waals surface area contributed by atoms with E-state index in [0.29, 0.717) is 6.54 Å². The third-order valence-corrected chi connectivity index (χ3v) is 5.69. The number of hydrogen-bond acceptors (Lipinski definition) is 5. The van der Waals surface area contributed by atoms with E-state index in [1.165, 1.54) is 17.8 Å². The first-order valence-corrected chi connectivity index (χ1v) is 11.8. The van der Waals surface area contributed by atoms with Gasteiger partial charge in [0.25, 0.3) is 5.56 Å². The van der Waals surface area contributed by atoms with E-state index in [-0.39, 0.29) is 24.7 Å². The van der Waals surface area contributed by atoms with Gasteiger partial charge in [-0.3, -0.25) is 19.1 Å². The van der Waals surface area contributed by atoms with Gasteiger partial charge in [0.1, 0.15) is 11.5 Å². The molecular weight excluding hydrogens is 468 g/mol. The third-order valence-electron chi connectivity index (χ3n) is 5.69. The summed E-state index contributed by atoms with van der Waals surface area (Å²) in [5.74, 6) is -0.404. The molecule has 188 valence electrons. The molecule has 0 aliphatic carbocycles. The van der Waals surface area contributed by atoms with Crippen molar-refractivity contribution in [3.8, 4) is 11.1 Å². The molecule has 0 spiro atoms. The molecular formula is C29H28N4O4. The molecule has 4 rings (SSSR count). The predicted molar refractivity (Wildman–Crippen MR) is 147 cm³/mol. The average molecular weight is 497 g/mol. The van der Waals surface area contributed by atoms with Gasteiger partial charge >= 0.3 is 5.69 Å². The van der Waals surface area contributed by atoms with Crippen LogP contribution in [0.25, 0.3) is 17.2 Å². The van der Waals surface area contributed by atoms with Crippen molar-refractivity contribution in [2.45, 2.75) is 13.1 Å². The largest absolute Gasteiger partial charge is 0.383 e. The molecule has 1 amide bonds. The lowest BCUT2D eigenvalue weighted by molar-refractivity contribution is -0.111. The molecule has 0 bridgehead atoms. The van der Waals surface area contributed by atoms with Crippen molar-refractivity contribution in [1.82, 2.24) is 9.55 Å². The van der Waals surface area contributed by atoms with Crippen molar-refractivity contribution in [3.63, 3.8) is 0 Å². The summed E-state index contributed by atoms with van der Waals surface area (Å²) >= 11 is 0. The minimum atomic E-state index is -0.637. The fourth-order valence-corrected chi connectivity index (χ4v) is 3.83. The van der Waals surface area contributed by atoms with E-state index in [1.807, 2.05) is 84.9 Å². The first kappa shape index (κ1) is 25.4. The Morgan fingerprint density at radius 3 is 2.38 bits per heavy atom. The van der Waals surface area contributed by atoms with Crippen molar-refractivity contribution < 1.29 is 9.53 Å². The number of methoxy groups -OCH3 is 1. The van der Waals surface area contributed by atoms with E-state index in [2.05, 4.69) is 15.6 Å². The normalized spacial score (nSPS) is 10.9. The molecule has 0 unspecified atom stereocenters. The molecule has 0 aliphatic heterocycles. The summed E-state index contributed by atoms with van der Waals surface area (Å²) in [4.78, 5) is 40.5. The molecule has 4 aromatic rings. The maximum Gasteiger partial charge on any atom is 0.330 e. The Morgan fingerprint density at radius 2 is 1.65 bits per heavy atom. The Morgan fingerprint density at radius 1 is 0.946 bits per heavy atom. The number of ether oxygens (including phenoxy) is 1. The van der Waals surface area contributed by atoms with Crippen molar-refractivity contribution in [2.75, 3.05) is 24.4 Å². The van der Waals surface area contributed by atoms with Crippen LogP contribution in [0.2, 0.25) is 0 Å². The summed E-state index contributed by atoms with van der Waals surface area (Å²) in [6, 6.07) is 27.2. The Bertz CT molecular complexity index is 1490. The number of anilines is 2. The molecule has 3 aromatic carbocycles. The number of carbonyl (C=O) groups excluding carboxylic acids is 1. The molecule has 37 heavy (non-hydrogen) atoms. The van der Waals surface area contributed by atoms with Crippen LogP contribution >= 0.6 is 0 Å². The van der Waals surface area contributed by atoms with Crippen LogP contribution < -0.4 is 21.9 Å². The minimum absolute atomic E-state index is 0.0782. The Labute approximate surface area is 214 Å². The van der Waals surface area contributed by atoms with E-state index >= 15 is 0 Å². The van der Waals surface area contributed by atoms with E-state index in [9.17, 15) is 14.4 Å². The fraction of sp³-hybridized carbons (Fsp3) is 0.138. The summed E-state index contributed by atoms with van der Waals surface area (Å²) < 4.78 is 6.39. The number of H-pyrrole nitrogens is 1. The number of aromatic amines is 1. The Kier molecular flexibility index (Phi) is 8.46. The maximum atomic E-state index is 12.9. The van der Waals surface area contributed by atoms with Gasteiger partial charge in [0.15, 0.2) is 0 Å². The van der Waals surface area contributed by atoms with Crippen molar-refractivity contribution in [1.29, 1.82) is 0 Å². The summed E-state index contributed by atoms with van der Waals surface area (Å²) in [6.45, 7) is 0.692. The maximum absolute atomic E-state index is 12.9. The van der Waals surface area contributed by atoms with Crippen LogP contribution in [0.15, 0.2) is 101 Å². The molecule has 3 N–H and O–H groups in total. The van der Waals surface area contributed by atoms with Gasteiger partial charge in [-0.25, -0.2) is 4.79 Å². The van der Waals surface area contributed by atoms with Gasteiger partial charge in [0.05, 0.1) is 13.2 Å². The number of hydrogen-bond donors (Lipinski definition) is 3. The topological polar surface area (TPSA) is 105 Å². The first-order valence-electron chi connectivity index (χ1n) is 11.8. The molecule has 0 saturated carbocycles. The molecule has 0 radical (unpaired) electrons. The van der Waals surface area contributed by atoms with Gasteiger partial charge in [0, 0.05) is 19.7 Å². The molecule has 0 saturated heterocycles. The highest BCUT2D eigenvalue weighted by atomic mass is 16.5. The highest BCUT2D eigenvalue weighted by Gasteiger charge is 2.16. The SMILES string of the molecule is COCCn1c(NC(=O)/C=C/c2cccc(-c3ccccc3)c2)c(NCc2ccccc2)c(=O)[nH]c1=O. The smallest absolute Gasteiger partial charge is 0.330 e. The second-order valence-corrected chi connectivity index (χ2v) is 8.28. The van der Waals surface area contributed by atoms with Crippen LogP contribution in [-0.4, -0.2) is 29.2 Å². The quantitative estimate of drug-likeness (QED) is 0.287. The number of carbonyl (C=O) groups is 1. The monoisotopic (exact) mass is 496 g/mol. The van der Waals surface area contributed by atoms with E-state index in [4.69, 9.17) is 4.74 Å². The first-order chi connectivity index (χ1) is 18.0. The molecule has 8 heteroatoms. The summed E-state index contributed by atoms with van der Waals surface area (Å²) in [5, 5.41) is 5.79. The van der Waals surface area contributed by atoms with Gasteiger partial charge in [-0.2, -0.15) is 0 Å². The van der Waals surface area contributed by atoms with E-state index in [1.54, 1.807) is 6.08 Å². The zero-order valence-electron chi connectivity index (χ0n) is 20.4. The fourth-order valence-electron chi connectivity index (χ4n) is 3.83. The Balaban J connectivity index is 1.60. The summed E-state index contributed by atoms with van der Waals surface area (Å²) in [5.41, 5.74) is 2.70. The van der Waals surface area contributed by atoms with Crippen LogP contribution in [0.3, 0.4) is 0 Å². The average Bonchev–Trinajstić information content (AvgIpc) is 2.92. The van der Waals surface area contributed by atoms with E-state index in [0.717, 1.165) is 22.3 Å². The molecule has 0 aliphatic rings. The molecule has 1 heterocycles. The van der Waals surface area contributed by atoms with E-state index < -0.39 is 17.2 Å². The number of rotatable bonds is 10. The Hall–Kier alpha value is -4.69. The lowest BCUT2D eigenvalue weighted by Crippen LogP contribution is -2.36. The highest BCUT2D eigenvalue weighted by Crippen LogP contribution is 2.21. The number of amides is 1. The van der Waals surface area contributed by atoms with Crippen LogP contribution in [0.1, 0.15) is 11.1 Å². The van der Waals surface area contributed by atoms with Crippen LogP contribution in [-0.2, 0) is 22.6 Å². The second kappa shape index (κ2) is 12.3. The van der Waals surface area contributed by atoms with Gasteiger partial charge in [-0.1, -0.05) is 78.9 Å². The summed E-state index contributed by atoms with van der Waals surface area (Å²) in [7, 11) is 1.51. The third kappa shape index (κ3) is 6.71. The van der Waals surface area contributed by atoms with Gasteiger partial charge < -0.3 is 15.4 Å². The van der Waals surface area contributed by atoms with Gasteiger partial charge in [-0.15, -0.1) is 0 Å². The predicted octanol–water partition coefficient (Wildman–Crippen LogP) is 4.11. The number of aromatic nitrogens is 2. The lowest BCUT2D eigenvalue weighted by Gasteiger charge is -2.17. The summed E-state index contributed by atoms with van der Waals surface area (Å²) in [6.07, 6.45) is 3.06. The van der Waals surface area contributed by atoms with Crippen LogP contribution in [0.4, 0.5) is 11.5 Å². The molecule has 8 nitrogen and oxygen atoms in total.